The van der Waals surface area contributed by atoms with Crippen LogP contribution in [-0.4, -0.2) is 78.2 Å². The van der Waals surface area contributed by atoms with Crippen LogP contribution in [0.5, 0.6) is 11.5 Å². The average Bonchev–Trinajstić information content (AvgIpc) is 3.62. The number of aromatic nitrogens is 1. The summed E-state index contributed by atoms with van der Waals surface area (Å²) in [7, 11) is 2.85. The third-order valence-corrected chi connectivity index (χ3v) is 10.4. The molecule has 1 heterocycles. The number of amides is 3. The molecular formula is C42H52N4O9. The van der Waals surface area contributed by atoms with Crippen molar-refractivity contribution in [3.05, 3.63) is 66.2 Å². The predicted molar refractivity (Wildman–Crippen MR) is 206 cm³/mol. The molecule has 5 rings (SSSR count). The number of aliphatic carboxylic acids is 1. The minimum atomic E-state index is -1.18. The second-order valence-corrected chi connectivity index (χ2v) is 14.6. The standard InChI is InChI=1S/C42H52N4O9/c1-6-13-32(41(50)51)44-38(47)30-20-28(55-35-23-33(25-14-9-7-10-15-25)43-34-22-27(53-4)18-19-29(34)35)21-31(30)39(48)45-36(24(2)3)40(49)46-37(42(52)54-5)26-16-11-8-12-17-26/h7,9-10,14-15,18-19,21-24,26,28,30,32,36-37H,6,8,11-13,16-17,20H2,1-5H3,(H,44,47)(H,45,48)(H,46,49)(H,50,51)/t28-,30-,32+,36+,37+/m1/s1. The Balaban J connectivity index is 1.46. The highest BCUT2D eigenvalue weighted by molar-refractivity contribution is 6.03. The largest absolute Gasteiger partial charge is 0.497 e. The van der Waals surface area contributed by atoms with Crippen molar-refractivity contribution in [1.82, 2.24) is 20.9 Å². The Bertz CT molecular complexity index is 1890. The van der Waals surface area contributed by atoms with Crippen LogP contribution in [0.4, 0.5) is 0 Å². The molecule has 5 atom stereocenters. The van der Waals surface area contributed by atoms with Gasteiger partial charge in [-0.15, -0.1) is 0 Å². The van der Waals surface area contributed by atoms with Crippen LogP contribution < -0.4 is 25.4 Å². The SMILES string of the molecule is CCC[C@H](NC(=O)[C@@H]1C[C@@H](Oc2cc(-c3ccccc3)nc3cc(OC)ccc23)C=C1C(=O)N[C@H](C(=O)N[C@H](C(=O)OC)C1CCCCC1)C(C)C)C(=O)O. The number of ether oxygens (including phenoxy) is 3. The first kappa shape index (κ1) is 40.7. The van der Waals surface area contributed by atoms with E-state index in [1.807, 2.05) is 43.3 Å². The molecule has 55 heavy (non-hydrogen) atoms. The summed E-state index contributed by atoms with van der Waals surface area (Å²) in [5.41, 5.74) is 2.14. The van der Waals surface area contributed by atoms with Gasteiger partial charge in [0.05, 0.1) is 31.3 Å². The molecule has 13 heteroatoms. The number of methoxy groups -OCH3 is 2. The Labute approximate surface area is 321 Å². The van der Waals surface area contributed by atoms with Crippen molar-refractivity contribution in [2.45, 2.75) is 96.4 Å². The van der Waals surface area contributed by atoms with Crippen LogP contribution in [0.3, 0.4) is 0 Å². The van der Waals surface area contributed by atoms with Gasteiger partial charge in [-0.05, 0) is 49.3 Å². The van der Waals surface area contributed by atoms with E-state index in [2.05, 4.69) is 16.0 Å². The number of nitrogens with zero attached hydrogens (tertiary/aromatic N) is 1. The molecule has 0 unspecified atom stereocenters. The van der Waals surface area contributed by atoms with Gasteiger partial charge in [0, 0.05) is 35.1 Å². The highest BCUT2D eigenvalue weighted by Gasteiger charge is 2.40. The monoisotopic (exact) mass is 756 g/mol. The average molecular weight is 757 g/mol. The van der Waals surface area contributed by atoms with Crippen LogP contribution in [0.15, 0.2) is 66.2 Å². The normalized spacial score (nSPS) is 18.8. The molecule has 2 aromatic carbocycles. The summed E-state index contributed by atoms with van der Waals surface area (Å²) in [6, 6.07) is 13.7. The number of fused-ring (bicyclic) bond motifs is 1. The van der Waals surface area contributed by atoms with Crippen molar-refractivity contribution in [1.29, 1.82) is 0 Å². The van der Waals surface area contributed by atoms with Gasteiger partial charge in [0.15, 0.2) is 0 Å². The minimum Gasteiger partial charge on any atom is -0.497 e. The van der Waals surface area contributed by atoms with Crippen molar-refractivity contribution in [3.63, 3.8) is 0 Å². The van der Waals surface area contributed by atoms with Crippen LogP contribution in [0, 0.1) is 17.8 Å². The number of carbonyl (C=O) groups is 5. The molecule has 294 valence electrons. The number of benzene rings is 2. The number of rotatable bonds is 16. The number of hydrogen-bond donors (Lipinski definition) is 4. The van der Waals surface area contributed by atoms with E-state index in [1.165, 1.54) is 7.11 Å². The first-order valence-corrected chi connectivity index (χ1v) is 19.1. The molecule has 3 aromatic rings. The summed E-state index contributed by atoms with van der Waals surface area (Å²) in [5.74, 6) is -4.10. The van der Waals surface area contributed by atoms with E-state index in [9.17, 15) is 29.1 Å². The zero-order valence-electron chi connectivity index (χ0n) is 32.1. The molecule has 4 N–H and O–H groups in total. The van der Waals surface area contributed by atoms with Crippen molar-refractivity contribution in [2.24, 2.45) is 17.8 Å². The number of carboxylic acid groups (broad SMARTS) is 1. The molecular weight excluding hydrogens is 704 g/mol. The number of carboxylic acids is 1. The van der Waals surface area contributed by atoms with Crippen molar-refractivity contribution >= 4 is 40.6 Å². The molecule has 3 amide bonds. The van der Waals surface area contributed by atoms with E-state index in [0.717, 1.165) is 37.7 Å². The predicted octanol–water partition coefficient (Wildman–Crippen LogP) is 5.35. The molecule has 13 nitrogen and oxygen atoms in total. The second-order valence-electron chi connectivity index (χ2n) is 14.6. The molecule has 1 saturated carbocycles. The molecule has 0 spiro atoms. The summed E-state index contributed by atoms with van der Waals surface area (Å²) in [6.07, 6.45) is 5.99. The van der Waals surface area contributed by atoms with E-state index in [0.29, 0.717) is 34.5 Å². The molecule has 0 radical (unpaired) electrons. The molecule has 2 aliphatic carbocycles. The highest BCUT2D eigenvalue weighted by atomic mass is 16.5. The topological polar surface area (TPSA) is 182 Å². The van der Waals surface area contributed by atoms with Crippen LogP contribution in [0.25, 0.3) is 22.2 Å². The van der Waals surface area contributed by atoms with Gasteiger partial charge >= 0.3 is 11.9 Å². The van der Waals surface area contributed by atoms with E-state index < -0.39 is 65.7 Å². The van der Waals surface area contributed by atoms with E-state index in [1.54, 1.807) is 45.2 Å². The fourth-order valence-corrected chi connectivity index (χ4v) is 7.41. The Hall–Kier alpha value is -5.46. The van der Waals surface area contributed by atoms with Gasteiger partial charge in [-0.1, -0.05) is 76.8 Å². The fourth-order valence-electron chi connectivity index (χ4n) is 7.41. The lowest BCUT2D eigenvalue weighted by atomic mass is 9.83. The minimum absolute atomic E-state index is 0.0261. The maximum absolute atomic E-state index is 14.2. The number of esters is 1. The number of carbonyl (C=O) groups excluding carboxylic acids is 4. The van der Waals surface area contributed by atoms with E-state index in [4.69, 9.17) is 19.2 Å². The lowest BCUT2D eigenvalue weighted by molar-refractivity contribution is -0.147. The summed E-state index contributed by atoms with van der Waals surface area (Å²) in [4.78, 5) is 71.5. The van der Waals surface area contributed by atoms with Gasteiger partial charge in [-0.3, -0.25) is 14.4 Å². The Morgan fingerprint density at radius 2 is 1.65 bits per heavy atom. The molecule has 2 aliphatic rings. The van der Waals surface area contributed by atoms with Crippen LogP contribution in [0.2, 0.25) is 0 Å². The zero-order chi connectivity index (χ0) is 39.6. The van der Waals surface area contributed by atoms with Gasteiger partial charge in [-0.25, -0.2) is 14.6 Å². The van der Waals surface area contributed by atoms with E-state index >= 15 is 0 Å². The van der Waals surface area contributed by atoms with Crippen molar-refractivity contribution in [3.8, 4) is 22.8 Å². The molecule has 0 bridgehead atoms. The second kappa shape index (κ2) is 18.7. The van der Waals surface area contributed by atoms with Gasteiger partial charge < -0.3 is 35.3 Å². The third-order valence-electron chi connectivity index (χ3n) is 10.4. The zero-order valence-corrected chi connectivity index (χ0v) is 32.1. The fraction of sp³-hybridized carbons (Fsp3) is 0.476. The van der Waals surface area contributed by atoms with Gasteiger partial charge in [0.25, 0.3) is 0 Å². The van der Waals surface area contributed by atoms with Gasteiger partial charge in [0.2, 0.25) is 17.7 Å². The van der Waals surface area contributed by atoms with Crippen LogP contribution in [-0.2, 0) is 28.7 Å². The van der Waals surface area contributed by atoms with Crippen molar-refractivity contribution < 1.29 is 43.3 Å². The summed E-state index contributed by atoms with van der Waals surface area (Å²) < 4.78 is 17.1. The quantitative estimate of drug-likeness (QED) is 0.139. The number of hydrogen-bond acceptors (Lipinski definition) is 9. The van der Waals surface area contributed by atoms with Gasteiger partial charge in [-0.2, -0.15) is 0 Å². The summed E-state index contributed by atoms with van der Waals surface area (Å²) >= 11 is 0. The first-order chi connectivity index (χ1) is 26.4. The van der Waals surface area contributed by atoms with Crippen LogP contribution >= 0.6 is 0 Å². The highest BCUT2D eigenvalue weighted by Crippen LogP contribution is 2.36. The summed E-state index contributed by atoms with van der Waals surface area (Å²) in [5, 5.41) is 18.8. The summed E-state index contributed by atoms with van der Waals surface area (Å²) in [6.45, 7) is 5.36. The van der Waals surface area contributed by atoms with Gasteiger partial charge in [0.1, 0.15) is 35.7 Å². The lowest BCUT2D eigenvalue weighted by Crippen LogP contribution is -2.56. The maximum Gasteiger partial charge on any atom is 0.328 e. The smallest absolute Gasteiger partial charge is 0.328 e. The molecule has 1 aromatic heterocycles. The number of pyridine rings is 1. The Morgan fingerprint density at radius 1 is 0.927 bits per heavy atom. The Morgan fingerprint density at radius 3 is 2.29 bits per heavy atom. The molecule has 0 aliphatic heterocycles. The third kappa shape index (κ3) is 10.00. The maximum atomic E-state index is 14.2. The van der Waals surface area contributed by atoms with Crippen LogP contribution in [0.1, 0.15) is 72.1 Å². The van der Waals surface area contributed by atoms with Crippen molar-refractivity contribution in [2.75, 3.05) is 14.2 Å². The van der Waals surface area contributed by atoms with E-state index in [-0.39, 0.29) is 24.3 Å². The molecule has 0 saturated heterocycles. The molecule has 1 fully saturated rings. The number of nitrogens with one attached hydrogen (secondary N) is 3. The Kier molecular flexibility index (Phi) is 13.9. The first-order valence-electron chi connectivity index (χ1n) is 19.1. The lowest BCUT2D eigenvalue weighted by Gasteiger charge is -2.31.